The summed E-state index contributed by atoms with van der Waals surface area (Å²) >= 11 is 12.3. The van der Waals surface area contributed by atoms with Crippen molar-refractivity contribution >= 4 is 23.2 Å². The first-order chi connectivity index (χ1) is 9.16. The fraction of sp³-hybridized carbons (Fsp3) is 0.0714. The first-order valence-corrected chi connectivity index (χ1v) is 6.57. The van der Waals surface area contributed by atoms with E-state index in [0.717, 1.165) is 28.5 Å². The van der Waals surface area contributed by atoms with E-state index in [1.807, 2.05) is 37.4 Å². The lowest BCUT2D eigenvalue weighted by Gasteiger charge is -2.03. The number of rotatable bonds is 2. The standard InChI is InChI=1S/C14H11Cl2N3/c1-8-13(9-4-2-5-10(15)12(9)16)19-14(18-8)11-6-3-7-17-11/h2-7,17H,1H3,(H,18,19). The maximum atomic E-state index is 6.24. The molecule has 0 fully saturated rings. The van der Waals surface area contributed by atoms with Crippen LogP contribution < -0.4 is 0 Å². The Balaban J connectivity index is 2.14. The second kappa shape index (κ2) is 4.76. The maximum Gasteiger partial charge on any atom is 0.154 e. The summed E-state index contributed by atoms with van der Waals surface area (Å²) in [6.07, 6.45) is 1.86. The van der Waals surface area contributed by atoms with Gasteiger partial charge in [-0.25, -0.2) is 4.98 Å². The molecular weight excluding hydrogens is 281 g/mol. The number of aromatic amines is 2. The second-order valence-electron chi connectivity index (χ2n) is 4.24. The average Bonchev–Trinajstić information content (AvgIpc) is 3.02. The third-order valence-electron chi connectivity index (χ3n) is 2.94. The van der Waals surface area contributed by atoms with E-state index in [1.165, 1.54) is 0 Å². The lowest BCUT2D eigenvalue weighted by Crippen LogP contribution is -1.84. The SMILES string of the molecule is Cc1[nH]c(-c2ccc[nH]2)nc1-c1cccc(Cl)c1Cl. The molecule has 1 aromatic carbocycles. The topological polar surface area (TPSA) is 44.5 Å². The number of aryl methyl sites for hydroxylation is 1. The lowest BCUT2D eigenvalue weighted by atomic mass is 10.1. The summed E-state index contributed by atoms with van der Waals surface area (Å²) in [7, 11) is 0. The van der Waals surface area contributed by atoms with E-state index >= 15 is 0 Å². The smallest absolute Gasteiger partial charge is 0.154 e. The quantitative estimate of drug-likeness (QED) is 0.707. The van der Waals surface area contributed by atoms with Gasteiger partial charge in [-0.15, -0.1) is 0 Å². The molecule has 0 aliphatic heterocycles. The molecule has 0 bridgehead atoms. The third-order valence-corrected chi connectivity index (χ3v) is 3.76. The van der Waals surface area contributed by atoms with Crippen LogP contribution in [0.3, 0.4) is 0 Å². The molecule has 3 aromatic rings. The molecule has 3 rings (SSSR count). The van der Waals surface area contributed by atoms with E-state index in [9.17, 15) is 0 Å². The minimum atomic E-state index is 0.525. The van der Waals surface area contributed by atoms with Crippen molar-refractivity contribution in [1.82, 2.24) is 15.0 Å². The molecule has 0 unspecified atom stereocenters. The first-order valence-electron chi connectivity index (χ1n) is 5.81. The van der Waals surface area contributed by atoms with Crippen LogP contribution in [-0.4, -0.2) is 15.0 Å². The van der Waals surface area contributed by atoms with Gasteiger partial charge in [0.25, 0.3) is 0 Å². The number of aromatic nitrogens is 3. The van der Waals surface area contributed by atoms with Crippen LogP contribution in [0.15, 0.2) is 36.5 Å². The summed E-state index contributed by atoms with van der Waals surface area (Å²) in [5, 5.41) is 1.06. The zero-order chi connectivity index (χ0) is 13.4. The van der Waals surface area contributed by atoms with Crippen LogP contribution in [0, 0.1) is 6.92 Å². The number of benzene rings is 1. The number of hydrogen-bond acceptors (Lipinski definition) is 1. The summed E-state index contributed by atoms with van der Waals surface area (Å²) in [5.41, 5.74) is 3.54. The largest absolute Gasteiger partial charge is 0.359 e. The average molecular weight is 292 g/mol. The fourth-order valence-electron chi connectivity index (χ4n) is 2.01. The number of hydrogen-bond donors (Lipinski definition) is 2. The van der Waals surface area contributed by atoms with Gasteiger partial charge in [-0.05, 0) is 25.1 Å². The summed E-state index contributed by atoms with van der Waals surface area (Å²) in [6.45, 7) is 1.96. The van der Waals surface area contributed by atoms with Crippen molar-refractivity contribution in [3.63, 3.8) is 0 Å². The van der Waals surface area contributed by atoms with E-state index in [4.69, 9.17) is 23.2 Å². The van der Waals surface area contributed by atoms with Gasteiger partial charge < -0.3 is 9.97 Å². The third kappa shape index (κ3) is 2.15. The number of nitrogens with zero attached hydrogens (tertiary/aromatic N) is 1. The Bertz CT molecular complexity index is 714. The number of imidazole rings is 1. The Labute approximate surface area is 120 Å². The van der Waals surface area contributed by atoms with Crippen LogP contribution >= 0.6 is 23.2 Å². The van der Waals surface area contributed by atoms with E-state index < -0.39 is 0 Å². The summed E-state index contributed by atoms with van der Waals surface area (Å²) in [6, 6.07) is 9.43. The second-order valence-corrected chi connectivity index (χ2v) is 5.03. The van der Waals surface area contributed by atoms with Gasteiger partial charge in [0.2, 0.25) is 0 Å². The van der Waals surface area contributed by atoms with Crippen molar-refractivity contribution in [1.29, 1.82) is 0 Å². The molecule has 0 saturated carbocycles. The molecular formula is C14H11Cl2N3. The van der Waals surface area contributed by atoms with Crippen molar-refractivity contribution < 1.29 is 0 Å². The van der Waals surface area contributed by atoms with E-state index in [2.05, 4.69) is 15.0 Å². The van der Waals surface area contributed by atoms with Crippen molar-refractivity contribution in [2.24, 2.45) is 0 Å². The molecule has 0 spiro atoms. The van der Waals surface area contributed by atoms with Crippen molar-refractivity contribution in [3.05, 3.63) is 52.3 Å². The highest BCUT2D eigenvalue weighted by Gasteiger charge is 2.14. The molecule has 0 amide bonds. The number of H-pyrrole nitrogens is 2. The van der Waals surface area contributed by atoms with Gasteiger partial charge >= 0.3 is 0 Å². The highest BCUT2D eigenvalue weighted by atomic mass is 35.5. The van der Waals surface area contributed by atoms with E-state index in [-0.39, 0.29) is 0 Å². The minimum Gasteiger partial charge on any atom is -0.359 e. The highest BCUT2D eigenvalue weighted by Crippen LogP contribution is 2.34. The molecule has 96 valence electrons. The molecule has 2 aromatic heterocycles. The molecule has 0 saturated heterocycles. The normalized spacial score (nSPS) is 10.9. The summed E-state index contributed by atoms with van der Waals surface area (Å²) < 4.78 is 0. The molecule has 5 heteroatoms. The van der Waals surface area contributed by atoms with Crippen LogP contribution in [0.5, 0.6) is 0 Å². The highest BCUT2D eigenvalue weighted by molar-refractivity contribution is 6.43. The van der Waals surface area contributed by atoms with Gasteiger partial charge in [0, 0.05) is 17.5 Å². The number of halogens is 2. The van der Waals surface area contributed by atoms with Gasteiger partial charge in [0.1, 0.15) is 0 Å². The predicted molar refractivity (Wildman–Crippen MR) is 78.6 cm³/mol. The summed E-state index contributed by atoms with van der Waals surface area (Å²) in [4.78, 5) is 11.0. The molecule has 2 heterocycles. The predicted octanol–water partition coefficient (Wildman–Crippen LogP) is 4.69. The molecule has 0 aliphatic rings. The van der Waals surface area contributed by atoms with Gasteiger partial charge in [0.15, 0.2) is 5.82 Å². The molecule has 2 N–H and O–H groups in total. The first kappa shape index (κ1) is 12.3. The van der Waals surface area contributed by atoms with Crippen LogP contribution in [0.2, 0.25) is 10.0 Å². The Morgan fingerprint density at radius 3 is 2.68 bits per heavy atom. The van der Waals surface area contributed by atoms with Gasteiger partial charge in [0.05, 0.1) is 21.4 Å². The van der Waals surface area contributed by atoms with E-state index in [1.54, 1.807) is 6.07 Å². The molecule has 19 heavy (non-hydrogen) atoms. The van der Waals surface area contributed by atoms with Gasteiger partial charge in [-0.3, -0.25) is 0 Å². The van der Waals surface area contributed by atoms with Gasteiger partial charge in [-0.1, -0.05) is 35.3 Å². The number of nitrogens with one attached hydrogen (secondary N) is 2. The Kier molecular flexibility index (Phi) is 3.09. The van der Waals surface area contributed by atoms with Gasteiger partial charge in [-0.2, -0.15) is 0 Å². The van der Waals surface area contributed by atoms with Crippen LogP contribution in [0.4, 0.5) is 0 Å². The van der Waals surface area contributed by atoms with Crippen LogP contribution in [0.25, 0.3) is 22.8 Å². The van der Waals surface area contributed by atoms with E-state index in [0.29, 0.717) is 10.0 Å². The Morgan fingerprint density at radius 1 is 1.11 bits per heavy atom. The van der Waals surface area contributed by atoms with Crippen LogP contribution in [0.1, 0.15) is 5.69 Å². The van der Waals surface area contributed by atoms with Crippen molar-refractivity contribution in [2.75, 3.05) is 0 Å². The molecule has 0 atom stereocenters. The van der Waals surface area contributed by atoms with Crippen molar-refractivity contribution in [3.8, 4) is 22.8 Å². The fourth-order valence-corrected chi connectivity index (χ4v) is 2.40. The molecule has 0 radical (unpaired) electrons. The Morgan fingerprint density at radius 2 is 1.95 bits per heavy atom. The molecule has 0 aliphatic carbocycles. The van der Waals surface area contributed by atoms with Crippen molar-refractivity contribution in [2.45, 2.75) is 6.92 Å². The Hall–Kier alpha value is -1.71. The maximum absolute atomic E-state index is 6.24. The van der Waals surface area contributed by atoms with Crippen LogP contribution in [-0.2, 0) is 0 Å². The monoisotopic (exact) mass is 291 g/mol. The lowest BCUT2D eigenvalue weighted by molar-refractivity contribution is 1.22. The zero-order valence-corrected chi connectivity index (χ0v) is 11.7. The molecule has 3 nitrogen and oxygen atoms in total. The minimum absolute atomic E-state index is 0.525. The zero-order valence-electron chi connectivity index (χ0n) is 10.2. The summed E-state index contributed by atoms with van der Waals surface area (Å²) in [5.74, 6) is 0.786.